The number of hydrogen-bond acceptors (Lipinski definition) is 6. The van der Waals surface area contributed by atoms with E-state index in [1.807, 2.05) is 18.2 Å². The van der Waals surface area contributed by atoms with Crippen molar-refractivity contribution in [3.8, 4) is 17.2 Å². The van der Waals surface area contributed by atoms with Gasteiger partial charge in [-0.15, -0.1) is 0 Å². The van der Waals surface area contributed by atoms with Crippen molar-refractivity contribution in [3.05, 3.63) is 48.0 Å². The molecule has 0 spiro atoms. The molecule has 2 aromatic rings. The summed E-state index contributed by atoms with van der Waals surface area (Å²) in [5.74, 6) is 2.63. The minimum Gasteiger partial charge on any atom is -0.488 e. The Bertz CT molecular complexity index is 864. The van der Waals surface area contributed by atoms with Crippen LogP contribution in [0.2, 0.25) is 0 Å². The monoisotopic (exact) mass is 386 g/mol. The third kappa shape index (κ3) is 3.40. The first-order valence-electron chi connectivity index (χ1n) is 9.72. The predicted octanol–water partition coefficient (Wildman–Crippen LogP) is 2.60. The summed E-state index contributed by atoms with van der Waals surface area (Å²) in [5.41, 5.74) is 0.481. The Morgan fingerprint density at radius 2 is 1.96 bits per heavy atom. The molecular formula is C21H23FN2O4. The highest BCUT2D eigenvalue weighted by Crippen LogP contribution is 2.40. The molecule has 0 unspecified atom stereocenters. The van der Waals surface area contributed by atoms with Crippen molar-refractivity contribution < 1.29 is 23.7 Å². The summed E-state index contributed by atoms with van der Waals surface area (Å²) in [6, 6.07) is 8.54. The summed E-state index contributed by atoms with van der Waals surface area (Å²) in [5, 5.41) is 10.6. The molecule has 28 heavy (non-hydrogen) atoms. The minimum absolute atomic E-state index is 0.224. The second-order valence-electron chi connectivity index (χ2n) is 7.86. The molecule has 2 fully saturated rings. The number of pyridine rings is 1. The topological polar surface area (TPSA) is 64.1 Å². The summed E-state index contributed by atoms with van der Waals surface area (Å²) in [6.07, 6.45) is 2.33. The number of rotatable bonds is 4. The average molecular weight is 386 g/mol. The molecule has 7 heteroatoms. The number of likely N-dealkylation sites (tertiary alicyclic amines) is 1. The average Bonchev–Trinajstić information content (AvgIpc) is 3.29. The van der Waals surface area contributed by atoms with Gasteiger partial charge in [-0.2, -0.15) is 0 Å². The molecule has 148 valence electrons. The highest BCUT2D eigenvalue weighted by atomic mass is 19.1. The third-order valence-electron chi connectivity index (χ3n) is 6.00. The first-order chi connectivity index (χ1) is 13.7. The van der Waals surface area contributed by atoms with E-state index in [0.717, 1.165) is 19.5 Å². The van der Waals surface area contributed by atoms with Gasteiger partial charge in [-0.25, -0.2) is 4.39 Å². The lowest BCUT2D eigenvalue weighted by Crippen LogP contribution is -2.42. The van der Waals surface area contributed by atoms with Crippen LogP contribution >= 0.6 is 0 Å². The van der Waals surface area contributed by atoms with Crippen LogP contribution in [-0.4, -0.2) is 47.1 Å². The van der Waals surface area contributed by atoms with Gasteiger partial charge in [-0.05, 0) is 48.9 Å². The molecule has 5 rings (SSSR count). The first kappa shape index (κ1) is 17.7. The van der Waals surface area contributed by atoms with Crippen molar-refractivity contribution in [2.75, 3.05) is 19.9 Å². The van der Waals surface area contributed by atoms with Gasteiger partial charge < -0.3 is 19.3 Å². The lowest BCUT2D eigenvalue weighted by Gasteiger charge is -2.35. The molecular weight excluding hydrogens is 363 g/mol. The quantitative estimate of drug-likeness (QED) is 0.872. The van der Waals surface area contributed by atoms with Gasteiger partial charge in [0.2, 0.25) is 6.79 Å². The summed E-state index contributed by atoms with van der Waals surface area (Å²) in [7, 11) is 0. The van der Waals surface area contributed by atoms with Crippen molar-refractivity contribution in [3.63, 3.8) is 0 Å². The van der Waals surface area contributed by atoms with Gasteiger partial charge in [-0.1, -0.05) is 0 Å². The lowest BCUT2D eigenvalue weighted by molar-refractivity contribution is -0.0232. The van der Waals surface area contributed by atoms with Gasteiger partial charge in [0.1, 0.15) is 17.7 Å². The fourth-order valence-electron chi connectivity index (χ4n) is 4.61. The number of aliphatic hydroxyl groups is 1. The number of fused-ring (bicyclic) bond motifs is 2. The fraction of sp³-hybridized carbons (Fsp3) is 0.476. The maximum Gasteiger partial charge on any atom is 0.231 e. The largest absolute Gasteiger partial charge is 0.488 e. The van der Waals surface area contributed by atoms with E-state index in [1.54, 1.807) is 12.3 Å². The Hall–Kier alpha value is -2.38. The second-order valence-corrected chi connectivity index (χ2v) is 7.86. The Balaban J connectivity index is 1.23. The van der Waals surface area contributed by atoms with Crippen molar-refractivity contribution in [2.24, 2.45) is 11.8 Å². The summed E-state index contributed by atoms with van der Waals surface area (Å²) < 4.78 is 30.7. The molecule has 1 aliphatic carbocycles. The number of benzene rings is 1. The van der Waals surface area contributed by atoms with Crippen LogP contribution in [0.3, 0.4) is 0 Å². The molecule has 1 N–H and O–H groups in total. The standard InChI is InChI=1S/C21H23FN2O4/c22-16-2-1-5-23-17(16)11-24-9-13-6-18(25)20(7-14(13)10-24)28-15-3-4-19-21(8-15)27-12-26-19/h1-5,8,13-14,18,20,25H,6-7,9-12H2/t13-,14+,18+,20+/m0/s1. The third-order valence-corrected chi connectivity index (χ3v) is 6.00. The Labute approximate surface area is 162 Å². The molecule has 3 aliphatic rings. The highest BCUT2D eigenvalue weighted by molar-refractivity contribution is 5.47. The molecule has 1 aromatic carbocycles. The molecule has 0 amide bonds. The molecule has 3 heterocycles. The van der Waals surface area contributed by atoms with E-state index >= 15 is 0 Å². The molecule has 0 radical (unpaired) electrons. The molecule has 4 atom stereocenters. The maximum atomic E-state index is 13.9. The van der Waals surface area contributed by atoms with Crippen LogP contribution in [0.1, 0.15) is 18.5 Å². The van der Waals surface area contributed by atoms with Crippen molar-refractivity contribution in [1.29, 1.82) is 0 Å². The van der Waals surface area contributed by atoms with Crippen LogP contribution in [0.15, 0.2) is 36.5 Å². The van der Waals surface area contributed by atoms with Gasteiger partial charge >= 0.3 is 0 Å². The van der Waals surface area contributed by atoms with E-state index in [2.05, 4.69) is 9.88 Å². The van der Waals surface area contributed by atoms with Gasteiger partial charge in [0.15, 0.2) is 11.5 Å². The van der Waals surface area contributed by atoms with Crippen molar-refractivity contribution in [1.82, 2.24) is 9.88 Å². The van der Waals surface area contributed by atoms with E-state index in [9.17, 15) is 9.50 Å². The predicted molar refractivity (Wildman–Crippen MR) is 98.7 cm³/mol. The van der Waals surface area contributed by atoms with Crippen LogP contribution in [0.5, 0.6) is 17.2 Å². The number of hydrogen-bond donors (Lipinski definition) is 1. The van der Waals surface area contributed by atoms with Crippen LogP contribution < -0.4 is 14.2 Å². The molecule has 1 saturated heterocycles. The molecule has 6 nitrogen and oxygen atoms in total. The Morgan fingerprint density at radius 3 is 2.82 bits per heavy atom. The summed E-state index contributed by atoms with van der Waals surface area (Å²) in [4.78, 5) is 6.39. The summed E-state index contributed by atoms with van der Waals surface area (Å²) >= 11 is 0. The zero-order valence-corrected chi connectivity index (χ0v) is 15.5. The minimum atomic E-state index is -0.516. The Morgan fingerprint density at radius 1 is 1.14 bits per heavy atom. The van der Waals surface area contributed by atoms with E-state index in [1.165, 1.54) is 6.07 Å². The Kier molecular flexibility index (Phi) is 4.56. The van der Waals surface area contributed by atoms with Crippen LogP contribution in [0, 0.1) is 17.7 Å². The zero-order valence-electron chi connectivity index (χ0n) is 15.5. The zero-order chi connectivity index (χ0) is 19.1. The van der Waals surface area contributed by atoms with Gasteiger partial charge in [0, 0.05) is 31.9 Å². The SMILES string of the molecule is O[C@@H]1C[C@H]2CN(Cc3ncccc3F)C[C@H]2C[C@H]1Oc1ccc2c(c1)OCO2. The van der Waals surface area contributed by atoms with Crippen LogP contribution in [0.25, 0.3) is 0 Å². The number of aliphatic hydroxyl groups excluding tert-OH is 1. The van der Waals surface area contributed by atoms with Crippen LogP contribution in [0.4, 0.5) is 4.39 Å². The van der Waals surface area contributed by atoms with E-state index in [4.69, 9.17) is 14.2 Å². The van der Waals surface area contributed by atoms with Gasteiger partial charge in [-0.3, -0.25) is 9.88 Å². The fourth-order valence-corrected chi connectivity index (χ4v) is 4.61. The van der Waals surface area contributed by atoms with Crippen molar-refractivity contribution >= 4 is 0 Å². The lowest BCUT2D eigenvalue weighted by atomic mass is 9.78. The second kappa shape index (κ2) is 7.22. The first-order valence-corrected chi connectivity index (χ1v) is 9.72. The molecule has 0 bridgehead atoms. The smallest absolute Gasteiger partial charge is 0.231 e. The van der Waals surface area contributed by atoms with Gasteiger partial charge in [0.25, 0.3) is 0 Å². The van der Waals surface area contributed by atoms with Crippen molar-refractivity contribution in [2.45, 2.75) is 31.6 Å². The summed E-state index contributed by atoms with van der Waals surface area (Å²) in [6.45, 7) is 2.45. The van der Waals surface area contributed by atoms with Gasteiger partial charge in [0.05, 0.1) is 11.8 Å². The maximum absolute atomic E-state index is 13.9. The number of halogens is 1. The van der Waals surface area contributed by atoms with E-state index in [0.29, 0.717) is 47.7 Å². The number of nitrogens with zero attached hydrogens (tertiary/aromatic N) is 2. The molecule has 1 aromatic heterocycles. The number of aromatic nitrogens is 1. The highest BCUT2D eigenvalue weighted by Gasteiger charge is 2.42. The molecule has 2 aliphatic heterocycles. The van der Waals surface area contributed by atoms with Crippen LogP contribution in [-0.2, 0) is 6.54 Å². The number of ether oxygens (including phenoxy) is 3. The molecule has 1 saturated carbocycles. The normalized spacial score (nSPS) is 28.9. The van der Waals surface area contributed by atoms with E-state index < -0.39 is 6.10 Å². The van der Waals surface area contributed by atoms with E-state index in [-0.39, 0.29) is 18.7 Å².